The van der Waals surface area contributed by atoms with Crippen LogP contribution in [0.3, 0.4) is 0 Å². The molecule has 1 heterocycles. The first-order valence-corrected chi connectivity index (χ1v) is 9.03. The van der Waals surface area contributed by atoms with E-state index in [2.05, 4.69) is 10.4 Å². The van der Waals surface area contributed by atoms with Crippen molar-refractivity contribution >= 4 is 23.6 Å². The Bertz CT molecular complexity index is 726. The van der Waals surface area contributed by atoms with Gasteiger partial charge in [0.05, 0.1) is 28.9 Å². The lowest BCUT2D eigenvalue weighted by Gasteiger charge is -2.09. The SMILES string of the molecule is O=C(O)CSCCNC(=O)c1cnn(-c2ccccc2)c1C1CC1. The highest BCUT2D eigenvalue weighted by Crippen LogP contribution is 2.42. The summed E-state index contributed by atoms with van der Waals surface area (Å²) in [6.45, 7) is 0.442. The second-order valence-corrected chi connectivity index (χ2v) is 6.77. The Kier molecular flexibility index (Phi) is 5.20. The molecule has 1 aliphatic rings. The molecular weight excluding hydrogens is 326 g/mol. The fourth-order valence-corrected chi connectivity index (χ4v) is 3.11. The van der Waals surface area contributed by atoms with Crippen LogP contribution in [0, 0.1) is 0 Å². The summed E-state index contributed by atoms with van der Waals surface area (Å²) >= 11 is 1.29. The molecule has 7 heteroatoms. The molecule has 0 saturated heterocycles. The smallest absolute Gasteiger partial charge is 0.313 e. The molecule has 0 aliphatic heterocycles. The summed E-state index contributed by atoms with van der Waals surface area (Å²) in [4.78, 5) is 22.9. The van der Waals surface area contributed by atoms with Crippen molar-refractivity contribution < 1.29 is 14.7 Å². The van der Waals surface area contributed by atoms with Gasteiger partial charge in [-0.1, -0.05) is 18.2 Å². The Labute approximate surface area is 144 Å². The van der Waals surface area contributed by atoms with E-state index in [0.717, 1.165) is 24.2 Å². The zero-order valence-corrected chi connectivity index (χ0v) is 14.0. The van der Waals surface area contributed by atoms with Crippen LogP contribution in [0.25, 0.3) is 5.69 Å². The lowest BCUT2D eigenvalue weighted by Crippen LogP contribution is -2.26. The van der Waals surface area contributed by atoms with Crippen LogP contribution in [-0.2, 0) is 4.79 Å². The molecule has 6 nitrogen and oxygen atoms in total. The first-order valence-electron chi connectivity index (χ1n) is 7.88. The van der Waals surface area contributed by atoms with Gasteiger partial charge in [-0.15, -0.1) is 11.8 Å². The number of aliphatic carboxylic acids is 1. The summed E-state index contributed by atoms with van der Waals surface area (Å²) < 4.78 is 1.85. The quantitative estimate of drug-likeness (QED) is 0.717. The molecule has 1 saturated carbocycles. The van der Waals surface area contributed by atoms with Crippen LogP contribution < -0.4 is 5.32 Å². The molecule has 126 valence electrons. The molecule has 24 heavy (non-hydrogen) atoms. The van der Waals surface area contributed by atoms with Gasteiger partial charge in [-0.05, 0) is 25.0 Å². The minimum Gasteiger partial charge on any atom is -0.481 e. The third kappa shape index (κ3) is 3.97. The Morgan fingerprint density at radius 1 is 1.29 bits per heavy atom. The van der Waals surface area contributed by atoms with E-state index in [-0.39, 0.29) is 11.7 Å². The maximum atomic E-state index is 12.4. The van der Waals surface area contributed by atoms with E-state index in [4.69, 9.17) is 5.11 Å². The number of hydrogen-bond donors (Lipinski definition) is 2. The van der Waals surface area contributed by atoms with Crippen molar-refractivity contribution in [3.8, 4) is 5.69 Å². The number of thioether (sulfide) groups is 1. The fourth-order valence-electron chi connectivity index (χ4n) is 2.55. The molecule has 1 fully saturated rings. The number of amides is 1. The standard InChI is InChI=1S/C17H19N3O3S/c21-15(22)11-24-9-8-18-17(23)14-10-19-20(16(14)12-6-7-12)13-4-2-1-3-5-13/h1-5,10,12H,6-9,11H2,(H,18,23)(H,21,22). The highest BCUT2D eigenvalue weighted by atomic mass is 32.2. The minimum atomic E-state index is -0.841. The van der Waals surface area contributed by atoms with E-state index in [1.807, 2.05) is 35.0 Å². The molecule has 0 bridgehead atoms. The van der Waals surface area contributed by atoms with E-state index in [9.17, 15) is 9.59 Å². The molecule has 2 aromatic rings. The van der Waals surface area contributed by atoms with Crippen LogP contribution in [0.2, 0.25) is 0 Å². The normalized spacial score (nSPS) is 13.7. The van der Waals surface area contributed by atoms with Crippen LogP contribution >= 0.6 is 11.8 Å². The van der Waals surface area contributed by atoms with Crippen molar-refractivity contribution in [3.63, 3.8) is 0 Å². The highest BCUT2D eigenvalue weighted by molar-refractivity contribution is 7.99. The van der Waals surface area contributed by atoms with Gasteiger partial charge in [0.25, 0.3) is 5.91 Å². The maximum absolute atomic E-state index is 12.4. The van der Waals surface area contributed by atoms with E-state index in [1.165, 1.54) is 11.8 Å². The molecule has 0 spiro atoms. The molecule has 2 N–H and O–H groups in total. The average molecular weight is 345 g/mol. The van der Waals surface area contributed by atoms with Gasteiger partial charge in [-0.3, -0.25) is 9.59 Å². The molecule has 0 unspecified atom stereocenters. The summed E-state index contributed by atoms with van der Waals surface area (Å²) in [5.74, 6) is 0.0231. The molecule has 3 rings (SSSR count). The summed E-state index contributed by atoms with van der Waals surface area (Å²) in [6.07, 6.45) is 3.78. The van der Waals surface area contributed by atoms with Gasteiger partial charge < -0.3 is 10.4 Å². The Balaban J connectivity index is 1.68. The van der Waals surface area contributed by atoms with E-state index < -0.39 is 5.97 Å². The summed E-state index contributed by atoms with van der Waals surface area (Å²) in [5, 5.41) is 15.9. The largest absolute Gasteiger partial charge is 0.481 e. The molecule has 1 aromatic heterocycles. The van der Waals surface area contributed by atoms with Crippen LogP contribution in [0.15, 0.2) is 36.5 Å². The Hall–Kier alpha value is -2.28. The van der Waals surface area contributed by atoms with Crippen molar-refractivity contribution in [2.45, 2.75) is 18.8 Å². The van der Waals surface area contributed by atoms with Crippen molar-refractivity contribution in [2.75, 3.05) is 18.1 Å². The van der Waals surface area contributed by atoms with E-state index >= 15 is 0 Å². The molecule has 1 aromatic carbocycles. The number of benzene rings is 1. The topological polar surface area (TPSA) is 84.2 Å². The highest BCUT2D eigenvalue weighted by Gasteiger charge is 2.32. The second-order valence-electron chi connectivity index (χ2n) is 5.67. The number of hydrogen-bond acceptors (Lipinski definition) is 4. The predicted octanol–water partition coefficient (Wildman–Crippen LogP) is 2.30. The van der Waals surface area contributed by atoms with Crippen molar-refractivity contribution in [1.29, 1.82) is 0 Å². The van der Waals surface area contributed by atoms with E-state index in [1.54, 1.807) is 6.20 Å². The van der Waals surface area contributed by atoms with Crippen LogP contribution in [0.4, 0.5) is 0 Å². The number of aromatic nitrogens is 2. The van der Waals surface area contributed by atoms with Gasteiger partial charge in [-0.25, -0.2) is 4.68 Å². The molecular formula is C17H19N3O3S. The lowest BCUT2D eigenvalue weighted by molar-refractivity contribution is -0.133. The zero-order chi connectivity index (χ0) is 16.9. The van der Waals surface area contributed by atoms with Gasteiger partial charge in [-0.2, -0.15) is 5.10 Å². The number of rotatable bonds is 8. The molecule has 0 atom stereocenters. The van der Waals surface area contributed by atoms with Gasteiger partial charge >= 0.3 is 5.97 Å². The van der Waals surface area contributed by atoms with Crippen molar-refractivity contribution in [1.82, 2.24) is 15.1 Å². The summed E-state index contributed by atoms with van der Waals surface area (Å²) in [5.41, 5.74) is 2.54. The van der Waals surface area contributed by atoms with Gasteiger partial charge in [0.15, 0.2) is 0 Å². The first kappa shape index (κ1) is 16.6. The number of nitrogens with zero attached hydrogens (tertiary/aromatic N) is 2. The van der Waals surface area contributed by atoms with Crippen LogP contribution in [0.1, 0.15) is 34.8 Å². The fraction of sp³-hybridized carbons (Fsp3) is 0.353. The minimum absolute atomic E-state index is 0.0507. The number of carboxylic acids is 1. The van der Waals surface area contributed by atoms with Crippen LogP contribution in [0.5, 0.6) is 0 Å². The Morgan fingerprint density at radius 2 is 2.04 bits per heavy atom. The van der Waals surface area contributed by atoms with Crippen molar-refractivity contribution in [3.05, 3.63) is 47.8 Å². The number of carboxylic acid groups (broad SMARTS) is 1. The average Bonchev–Trinajstić information content (AvgIpc) is 3.33. The number of carbonyl (C=O) groups is 2. The molecule has 0 radical (unpaired) electrons. The maximum Gasteiger partial charge on any atom is 0.313 e. The summed E-state index contributed by atoms with van der Waals surface area (Å²) in [6, 6.07) is 9.80. The third-order valence-corrected chi connectivity index (χ3v) is 4.72. The third-order valence-electron chi connectivity index (χ3n) is 3.77. The lowest BCUT2D eigenvalue weighted by atomic mass is 10.1. The number of nitrogens with one attached hydrogen (secondary N) is 1. The van der Waals surface area contributed by atoms with Gasteiger partial charge in [0.1, 0.15) is 0 Å². The van der Waals surface area contributed by atoms with Gasteiger partial charge in [0.2, 0.25) is 0 Å². The first-order chi connectivity index (χ1) is 11.7. The van der Waals surface area contributed by atoms with E-state index in [0.29, 0.717) is 23.8 Å². The Morgan fingerprint density at radius 3 is 2.71 bits per heavy atom. The second kappa shape index (κ2) is 7.53. The number of para-hydroxylation sites is 1. The monoisotopic (exact) mass is 345 g/mol. The molecule has 1 aliphatic carbocycles. The van der Waals surface area contributed by atoms with Gasteiger partial charge in [0, 0.05) is 18.2 Å². The van der Waals surface area contributed by atoms with Crippen molar-refractivity contribution in [2.24, 2.45) is 0 Å². The number of carbonyl (C=O) groups excluding carboxylic acids is 1. The zero-order valence-electron chi connectivity index (χ0n) is 13.1. The summed E-state index contributed by atoms with van der Waals surface area (Å²) in [7, 11) is 0. The van der Waals surface area contributed by atoms with Crippen LogP contribution in [-0.4, -0.2) is 44.8 Å². The predicted molar refractivity (Wildman–Crippen MR) is 92.8 cm³/mol. The molecule has 1 amide bonds.